The largest absolute Gasteiger partial charge is 0.352 e. The van der Waals surface area contributed by atoms with Crippen LogP contribution in [0.5, 0.6) is 0 Å². The van der Waals surface area contributed by atoms with Gasteiger partial charge in [0.25, 0.3) is 0 Å². The molecule has 1 aliphatic rings. The summed E-state index contributed by atoms with van der Waals surface area (Å²) in [4.78, 5) is 30.7. The summed E-state index contributed by atoms with van der Waals surface area (Å²) in [6, 6.07) is 26.3. The summed E-state index contributed by atoms with van der Waals surface area (Å²) >= 11 is 1.69. The maximum atomic E-state index is 13.9. The highest BCUT2D eigenvalue weighted by molar-refractivity contribution is 7.99. The Morgan fingerprint density at radius 2 is 1.58 bits per heavy atom. The fourth-order valence-corrected chi connectivity index (χ4v) is 5.94. The summed E-state index contributed by atoms with van der Waals surface area (Å²) < 4.78 is 0. The molecule has 5 heteroatoms. The highest BCUT2D eigenvalue weighted by Crippen LogP contribution is 2.23. The Balaban J connectivity index is 1.56. The molecule has 1 N–H and O–H groups in total. The van der Waals surface area contributed by atoms with Crippen molar-refractivity contribution in [1.29, 1.82) is 0 Å². The van der Waals surface area contributed by atoms with E-state index in [1.165, 1.54) is 12.0 Å². The first-order valence-corrected chi connectivity index (χ1v) is 14.9. The standard InChI is InChI=1S/C33H40N2O2S/c1-25-17-19-30(20-18-25)38-22-21-32(36)35(24-28-14-10-9-11-26(28)2)31(23-27-12-5-3-6-13-27)33(37)34-29-15-7-4-8-16-29/h3,5-6,9-14,17-20,29,31H,4,7-8,15-16,21-24H2,1-2H3,(H,34,37)/t31-/m1/s1. The van der Waals surface area contributed by atoms with Gasteiger partial charge in [-0.1, -0.05) is 91.6 Å². The van der Waals surface area contributed by atoms with E-state index >= 15 is 0 Å². The maximum Gasteiger partial charge on any atom is 0.243 e. The summed E-state index contributed by atoms with van der Waals surface area (Å²) in [7, 11) is 0. The maximum absolute atomic E-state index is 13.9. The molecule has 4 nitrogen and oxygen atoms in total. The molecule has 1 fully saturated rings. The van der Waals surface area contributed by atoms with Crippen molar-refractivity contribution in [2.45, 2.75) is 82.3 Å². The first-order valence-electron chi connectivity index (χ1n) is 13.9. The van der Waals surface area contributed by atoms with E-state index < -0.39 is 6.04 Å². The number of carbonyl (C=O) groups is 2. The molecular formula is C33H40N2O2S. The fraction of sp³-hybridized carbons (Fsp3) is 0.394. The molecule has 0 heterocycles. The minimum absolute atomic E-state index is 0.0209. The number of benzene rings is 3. The van der Waals surface area contributed by atoms with E-state index in [1.54, 1.807) is 11.8 Å². The minimum atomic E-state index is -0.559. The molecular weight excluding hydrogens is 488 g/mol. The third kappa shape index (κ3) is 8.22. The fourth-order valence-electron chi connectivity index (χ4n) is 5.10. The Bertz CT molecular complexity index is 1170. The lowest BCUT2D eigenvalue weighted by Crippen LogP contribution is -2.53. The molecule has 0 spiro atoms. The predicted octanol–water partition coefficient (Wildman–Crippen LogP) is 6.87. The van der Waals surface area contributed by atoms with E-state index in [9.17, 15) is 9.59 Å². The van der Waals surface area contributed by atoms with Crippen LogP contribution in [0.25, 0.3) is 0 Å². The molecule has 0 saturated heterocycles. The van der Waals surface area contributed by atoms with Crippen molar-refractivity contribution in [2.24, 2.45) is 0 Å². The van der Waals surface area contributed by atoms with E-state index in [0.717, 1.165) is 47.3 Å². The monoisotopic (exact) mass is 528 g/mol. The molecule has 1 atom stereocenters. The third-order valence-electron chi connectivity index (χ3n) is 7.43. The molecule has 200 valence electrons. The van der Waals surface area contributed by atoms with Crippen LogP contribution in [0.4, 0.5) is 0 Å². The summed E-state index contributed by atoms with van der Waals surface area (Å²) in [6.45, 7) is 4.57. The lowest BCUT2D eigenvalue weighted by Gasteiger charge is -2.34. The van der Waals surface area contributed by atoms with Gasteiger partial charge < -0.3 is 10.2 Å². The molecule has 38 heavy (non-hydrogen) atoms. The zero-order valence-corrected chi connectivity index (χ0v) is 23.5. The second-order valence-corrected chi connectivity index (χ2v) is 11.6. The summed E-state index contributed by atoms with van der Waals surface area (Å²) in [5, 5.41) is 3.32. The SMILES string of the molecule is Cc1ccc(SCCC(=O)N(Cc2ccccc2C)[C@H](Cc2ccccc2)C(=O)NC2CCCCC2)cc1. The van der Waals surface area contributed by atoms with Crippen molar-refractivity contribution in [3.8, 4) is 0 Å². The van der Waals surface area contributed by atoms with Gasteiger partial charge in [-0.25, -0.2) is 0 Å². The van der Waals surface area contributed by atoms with Crippen LogP contribution in [-0.4, -0.2) is 34.6 Å². The van der Waals surface area contributed by atoms with Crippen molar-refractivity contribution < 1.29 is 9.59 Å². The lowest BCUT2D eigenvalue weighted by atomic mass is 9.94. The van der Waals surface area contributed by atoms with E-state index in [0.29, 0.717) is 25.1 Å². The van der Waals surface area contributed by atoms with Gasteiger partial charge in [0.2, 0.25) is 11.8 Å². The zero-order valence-electron chi connectivity index (χ0n) is 22.7. The number of thioether (sulfide) groups is 1. The topological polar surface area (TPSA) is 49.4 Å². The first-order chi connectivity index (χ1) is 18.5. The van der Waals surface area contributed by atoms with E-state index in [-0.39, 0.29) is 17.9 Å². The second kappa shape index (κ2) is 14.2. The van der Waals surface area contributed by atoms with E-state index in [4.69, 9.17) is 0 Å². The Labute approximate surface area is 232 Å². The van der Waals surface area contributed by atoms with E-state index in [2.05, 4.69) is 55.6 Å². The number of nitrogens with zero attached hydrogens (tertiary/aromatic N) is 1. The van der Waals surface area contributed by atoms with Crippen molar-refractivity contribution >= 4 is 23.6 Å². The predicted molar refractivity (Wildman–Crippen MR) is 157 cm³/mol. The summed E-state index contributed by atoms with van der Waals surface area (Å²) in [6.07, 6.45) is 6.45. The molecule has 0 aromatic heterocycles. The van der Waals surface area contributed by atoms with E-state index in [1.807, 2.05) is 47.4 Å². The van der Waals surface area contributed by atoms with Gasteiger partial charge >= 0.3 is 0 Å². The first kappa shape index (κ1) is 28.0. The van der Waals surface area contributed by atoms with Gasteiger partial charge in [-0.3, -0.25) is 9.59 Å². The van der Waals surface area contributed by atoms with Crippen LogP contribution in [0.2, 0.25) is 0 Å². The second-order valence-electron chi connectivity index (χ2n) is 10.4. The Hall–Kier alpha value is -3.05. The number of amides is 2. The van der Waals surface area contributed by atoms with Gasteiger partial charge in [0.05, 0.1) is 0 Å². The van der Waals surface area contributed by atoms with Crippen molar-refractivity contribution in [3.05, 3.63) is 101 Å². The molecule has 1 aliphatic carbocycles. The number of hydrogen-bond acceptors (Lipinski definition) is 3. The van der Waals surface area contributed by atoms with Crippen LogP contribution in [-0.2, 0) is 22.6 Å². The summed E-state index contributed by atoms with van der Waals surface area (Å²) in [5.74, 6) is 0.663. The van der Waals surface area contributed by atoms with Gasteiger partial charge in [0.15, 0.2) is 0 Å². The Morgan fingerprint density at radius 3 is 2.29 bits per heavy atom. The molecule has 3 aromatic rings. The average molecular weight is 529 g/mol. The normalized spacial score (nSPS) is 14.6. The highest BCUT2D eigenvalue weighted by atomic mass is 32.2. The molecule has 0 radical (unpaired) electrons. The number of aryl methyl sites for hydroxylation is 2. The molecule has 0 unspecified atom stereocenters. The van der Waals surface area contributed by atoms with Crippen LogP contribution in [0.1, 0.15) is 60.8 Å². The van der Waals surface area contributed by atoms with Crippen molar-refractivity contribution in [3.63, 3.8) is 0 Å². The highest BCUT2D eigenvalue weighted by Gasteiger charge is 2.32. The molecule has 0 bridgehead atoms. The molecule has 1 saturated carbocycles. The molecule has 4 rings (SSSR count). The van der Waals surface area contributed by atoms with Crippen molar-refractivity contribution in [1.82, 2.24) is 10.2 Å². The third-order valence-corrected chi connectivity index (χ3v) is 8.44. The van der Waals surface area contributed by atoms with Crippen LogP contribution >= 0.6 is 11.8 Å². The number of carbonyl (C=O) groups excluding carboxylic acids is 2. The van der Waals surface area contributed by atoms with Crippen LogP contribution in [0, 0.1) is 13.8 Å². The number of hydrogen-bond donors (Lipinski definition) is 1. The quantitative estimate of drug-likeness (QED) is 0.276. The van der Waals surface area contributed by atoms with Crippen LogP contribution < -0.4 is 5.32 Å². The van der Waals surface area contributed by atoms with Gasteiger partial charge in [-0.2, -0.15) is 0 Å². The van der Waals surface area contributed by atoms with Crippen LogP contribution in [0.3, 0.4) is 0 Å². The van der Waals surface area contributed by atoms with Gasteiger partial charge in [0, 0.05) is 36.1 Å². The number of nitrogens with one attached hydrogen (secondary N) is 1. The Morgan fingerprint density at radius 1 is 0.895 bits per heavy atom. The van der Waals surface area contributed by atoms with Crippen LogP contribution in [0.15, 0.2) is 83.8 Å². The minimum Gasteiger partial charge on any atom is -0.352 e. The smallest absolute Gasteiger partial charge is 0.243 e. The lowest BCUT2D eigenvalue weighted by molar-refractivity contribution is -0.141. The van der Waals surface area contributed by atoms with Gasteiger partial charge in [-0.15, -0.1) is 11.8 Å². The Kier molecular flexibility index (Phi) is 10.5. The summed E-state index contributed by atoms with van der Waals surface area (Å²) in [5.41, 5.74) is 4.50. The van der Waals surface area contributed by atoms with Gasteiger partial charge in [-0.05, 0) is 55.5 Å². The zero-order chi connectivity index (χ0) is 26.7. The van der Waals surface area contributed by atoms with Crippen molar-refractivity contribution in [2.75, 3.05) is 5.75 Å². The molecule has 3 aromatic carbocycles. The average Bonchev–Trinajstić information content (AvgIpc) is 2.93. The molecule has 2 amide bonds. The number of rotatable bonds is 11. The molecule has 0 aliphatic heterocycles. The van der Waals surface area contributed by atoms with Gasteiger partial charge in [0.1, 0.15) is 6.04 Å².